The van der Waals surface area contributed by atoms with E-state index in [2.05, 4.69) is 10.9 Å². The Kier molecular flexibility index (Phi) is 7.60. The van der Waals surface area contributed by atoms with Gasteiger partial charge in [-0.1, -0.05) is 0 Å². The molecule has 0 aliphatic heterocycles. The van der Waals surface area contributed by atoms with E-state index in [0.29, 0.717) is 22.8 Å². The van der Waals surface area contributed by atoms with Crippen LogP contribution in [0, 0.1) is 13.8 Å². The molecule has 0 aliphatic rings. The van der Waals surface area contributed by atoms with Crippen LogP contribution in [0.4, 0.5) is 0 Å². The lowest BCUT2D eigenvalue weighted by Crippen LogP contribution is -2.41. The third kappa shape index (κ3) is 5.47. The molecule has 0 spiro atoms. The Hall–Kier alpha value is -3.07. The fourth-order valence-electron chi connectivity index (χ4n) is 2.74. The summed E-state index contributed by atoms with van der Waals surface area (Å²) in [7, 11) is 4.34. The van der Waals surface area contributed by atoms with Gasteiger partial charge in [-0.2, -0.15) is 0 Å². The molecular formula is C20H24N2O6S. The molecule has 2 N–H and O–H groups in total. The number of hydrazine groups is 1. The van der Waals surface area contributed by atoms with E-state index in [9.17, 15) is 14.4 Å². The molecule has 2 rings (SSSR count). The number of ketones is 1. The van der Waals surface area contributed by atoms with E-state index in [1.165, 1.54) is 33.5 Å². The van der Waals surface area contributed by atoms with Gasteiger partial charge in [-0.25, -0.2) is 0 Å². The predicted octanol–water partition coefficient (Wildman–Crippen LogP) is 2.81. The van der Waals surface area contributed by atoms with Crippen LogP contribution in [0.3, 0.4) is 0 Å². The average Bonchev–Trinajstić information content (AvgIpc) is 3.06. The molecule has 8 nitrogen and oxygen atoms in total. The van der Waals surface area contributed by atoms with Gasteiger partial charge in [-0.15, -0.1) is 11.3 Å². The number of ether oxygens (including phenoxy) is 3. The largest absolute Gasteiger partial charge is 0.493 e. The fraction of sp³-hybridized carbons (Fsp3) is 0.350. The maximum Gasteiger partial charge on any atom is 0.269 e. The number of carbonyl (C=O) groups excluding carboxylic acids is 3. The lowest BCUT2D eigenvalue weighted by molar-refractivity contribution is -0.121. The molecule has 0 unspecified atom stereocenters. The van der Waals surface area contributed by atoms with Gasteiger partial charge >= 0.3 is 0 Å². The summed E-state index contributed by atoms with van der Waals surface area (Å²) in [5.74, 6) is -0.145. The Bertz CT molecular complexity index is 897. The zero-order valence-corrected chi connectivity index (χ0v) is 17.8. The van der Waals surface area contributed by atoms with E-state index >= 15 is 0 Å². The Labute approximate surface area is 173 Å². The van der Waals surface area contributed by atoms with Crippen molar-refractivity contribution in [2.24, 2.45) is 0 Å². The summed E-state index contributed by atoms with van der Waals surface area (Å²) in [4.78, 5) is 38.6. The summed E-state index contributed by atoms with van der Waals surface area (Å²) in [5, 5.41) is 0. The first-order valence-electron chi connectivity index (χ1n) is 8.80. The van der Waals surface area contributed by atoms with Gasteiger partial charge in [-0.05, 0) is 32.0 Å². The summed E-state index contributed by atoms with van der Waals surface area (Å²) >= 11 is 1.54. The molecule has 1 aromatic heterocycles. The predicted molar refractivity (Wildman–Crippen MR) is 109 cm³/mol. The van der Waals surface area contributed by atoms with Crippen molar-refractivity contribution in [2.75, 3.05) is 21.3 Å². The molecule has 9 heteroatoms. The molecule has 2 aromatic rings. The molecule has 1 heterocycles. The third-order valence-corrected chi connectivity index (χ3v) is 5.13. The highest BCUT2D eigenvalue weighted by molar-refractivity contribution is 7.12. The fourth-order valence-corrected chi connectivity index (χ4v) is 3.69. The Morgan fingerprint density at radius 1 is 0.897 bits per heavy atom. The van der Waals surface area contributed by atoms with Crippen LogP contribution in [0.5, 0.6) is 17.2 Å². The molecule has 0 saturated heterocycles. The molecule has 0 bridgehead atoms. The van der Waals surface area contributed by atoms with Crippen LogP contribution in [0.25, 0.3) is 0 Å². The Morgan fingerprint density at radius 2 is 1.52 bits per heavy atom. The number of benzene rings is 1. The number of methoxy groups -OCH3 is 3. The monoisotopic (exact) mass is 420 g/mol. The maximum atomic E-state index is 12.3. The van der Waals surface area contributed by atoms with Crippen LogP contribution >= 0.6 is 11.3 Å². The zero-order chi connectivity index (χ0) is 21.6. The molecule has 0 fully saturated rings. The summed E-state index contributed by atoms with van der Waals surface area (Å²) in [6.07, 6.45) is 0.0194. The topological polar surface area (TPSA) is 103 Å². The van der Waals surface area contributed by atoms with Gasteiger partial charge in [0, 0.05) is 33.7 Å². The van der Waals surface area contributed by atoms with Crippen LogP contribution < -0.4 is 25.1 Å². The van der Waals surface area contributed by atoms with Crippen LogP contribution in [-0.2, 0) is 4.79 Å². The third-order valence-electron chi connectivity index (χ3n) is 4.16. The van der Waals surface area contributed by atoms with Gasteiger partial charge in [0.2, 0.25) is 11.7 Å². The second kappa shape index (κ2) is 9.92. The average molecular weight is 420 g/mol. The number of hydrogen-bond acceptors (Lipinski definition) is 7. The van der Waals surface area contributed by atoms with Crippen LogP contribution in [-0.4, -0.2) is 38.9 Å². The van der Waals surface area contributed by atoms with Crippen molar-refractivity contribution in [1.29, 1.82) is 0 Å². The van der Waals surface area contributed by atoms with Crippen molar-refractivity contribution in [3.8, 4) is 17.2 Å². The molecule has 2 amide bonds. The van der Waals surface area contributed by atoms with Crippen molar-refractivity contribution in [3.63, 3.8) is 0 Å². The van der Waals surface area contributed by atoms with Gasteiger partial charge in [0.15, 0.2) is 17.3 Å². The second-order valence-corrected chi connectivity index (χ2v) is 7.63. The van der Waals surface area contributed by atoms with E-state index < -0.39 is 11.8 Å². The second-order valence-electron chi connectivity index (χ2n) is 6.17. The number of amides is 2. The summed E-state index contributed by atoms with van der Waals surface area (Å²) in [5.41, 5.74) is 5.48. The van der Waals surface area contributed by atoms with E-state index in [1.54, 1.807) is 11.3 Å². The standard InChI is InChI=1S/C20H24N2O6S/c1-11-8-14(12(2)29-11)15(23)6-7-18(24)21-22-20(25)13-9-16(26-3)19(28-5)17(10-13)27-4/h8-10H,6-7H2,1-5H3,(H,21,24)(H,22,25). The van der Waals surface area contributed by atoms with Crippen LogP contribution in [0.2, 0.25) is 0 Å². The first-order chi connectivity index (χ1) is 13.8. The number of aryl methyl sites for hydroxylation is 2. The summed E-state index contributed by atoms with van der Waals surface area (Å²) < 4.78 is 15.6. The van der Waals surface area contributed by atoms with Crippen molar-refractivity contribution >= 4 is 28.9 Å². The maximum absolute atomic E-state index is 12.3. The number of carbonyl (C=O) groups is 3. The number of thiophene rings is 1. The lowest BCUT2D eigenvalue weighted by atomic mass is 10.1. The van der Waals surface area contributed by atoms with Crippen molar-refractivity contribution in [2.45, 2.75) is 26.7 Å². The Balaban J connectivity index is 1.94. The van der Waals surface area contributed by atoms with Crippen molar-refractivity contribution < 1.29 is 28.6 Å². The minimum Gasteiger partial charge on any atom is -0.493 e. The lowest BCUT2D eigenvalue weighted by Gasteiger charge is -2.14. The van der Waals surface area contributed by atoms with E-state index in [-0.39, 0.29) is 24.2 Å². The SMILES string of the molecule is COc1cc(C(=O)NNC(=O)CCC(=O)c2cc(C)sc2C)cc(OC)c1OC. The quantitative estimate of drug-likeness (QED) is 0.503. The highest BCUT2D eigenvalue weighted by atomic mass is 32.1. The molecule has 156 valence electrons. The highest BCUT2D eigenvalue weighted by Crippen LogP contribution is 2.38. The van der Waals surface area contributed by atoms with E-state index in [0.717, 1.165) is 9.75 Å². The molecular weight excluding hydrogens is 396 g/mol. The summed E-state index contributed by atoms with van der Waals surface area (Å²) in [6.45, 7) is 3.81. The number of rotatable bonds is 8. The molecule has 0 aliphatic carbocycles. The van der Waals surface area contributed by atoms with Gasteiger partial charge < -0.3 is 14.2 Å². The van der Waals surface area contributed by atoms with Crippen molar-refractivity contribution in [3.05, 3.63) is 39.1 Å². The van der Waals surface area contributed by atoms with Gasteiger partial charge in [0.1, 0.15) is 0 Å². The number of hydrogen-bond donors (Lipinski definition) is 2. The number of Topliss-reactive ketones (excluding diaryl/α,β-unsaturated/α-hetero) is 1. The van der Waals surface area contributed by atoms with Crippen LogP contribution in [0.1, 0.15) is 43.3 Å². The minimum absolute atomic E-state index is 0.0390. The molecule has 0 atom stereocenters. The normalized spacial score (nSPS) is 10.2. The summed E-state index contributed by atoms with van der Waals surface area (Å²) in [6, 6.07) is 4.76. The Morgan fingerprint density at radius 3 is 2.00 bits per heavy atom. The van der Waals surface area contributed by atoms with Crippen molar-refractivity contribution in [1.82, 2.24) is 10.9 Å². The molecule has 1 aromatic carbocycles. The van der Waals surface area contributed by atoms with E-state index in [1.807, 2.05) is 19.9 Å². The first kappa shape index (κ1) is 22.2. The van der Waals surface area contributed by atoms with Gasteiger partial charge in [-0.3, -0.25) is 25.2 Å². The van der Waals surface area contributed by atoms with E-state index in [4.69, 9.17) is 14.2 Å². The molecule has 0 radical (unpaired) electrons. The molecule has 0 saturated carbocycles. The van der Waals surface area contributed by atoms with Gasteiger partial charge in [0.25, 0.3) is 5.91 Å². The number of nitrogens with one attached hydrogen (secondary N) is 2. The first-order valence-corrected chi connectivity index (χ1v) is 9.61. The van der Waals surface area contributed by atoms with Crippen LogP contribution in [0.15, 0.2) is 18.2 Å². The zero-order valence-electron chi connectivity index (χ0n) is 17.0. The molecule has 29 heavy (non-hydrogen) atoms. The minimum atomic E-state index is -0.562. The smallest absolute Gasteiger partial charge is 0.269 e. The van der Waals surface area contributed by atoms with Gasteiger partial charge in [0.05, 0.1) is 21.3 Å². The highest BCUT2D eigenvalue weighted by Gasteiger charge is 2.18.